The van der Waals surface area contributed by atoms with Crippen LogP contribution in [0.25, 0.3) is 6.08 Å². The molecule has 16 heavy (non-hydrogen) atoms. The highest BCUT2D eigenvalue weighted by Gasteiger charge is 2.39. The summed E-state index contributed by atoms with van der Waals surface area (Å²) in [6.07, 6.45) is 7.25. The van der Waals surface area contributed by atoms with Crippen molar-refractivity contribution in [2.45, 2.75) is 12.2 Å². The molecular formula is C12H8N2O2. The molecule has 0 heterocycles. The van der Waals surface area contributed by atoms with Gasteiger partial charge >= 0.3 is 5.79 Å². The Balaban J connectivity index is 2.53. The van der Waals surface area contributed by atoms with Crippen LogP contribution in [-0.2, 0) is 15.3 Å². The molecular weight excluding hydrogens is 204 g/mol. The Kier molecular flexibility index (Phi) is 2.49. The lowest BCUT2D eigenvalue weighted by Gasteiger charge is -2.30. The van der Waals surface area contributed by atoms with Gasteiger partial charge in [0.25, 0.3) is 12.5 Å². The maximum absolute atomic E-state index is 8.65. The number of nitrogens with zero attached hydrogens (tertiary/aromatic N) is 2. The highest BCUT2D eigenvalue weighted by molar-refractivity contribution is 5.58. The number of nitriles is 2. The summed E-state index contributed by atoms with van der Waals surface area (Å²) in [5.74, 6) is -1.30. The van der Waals surface area contributed by atoms with Gasteiger partial charge in [0.05, 0.1) is 0 Å². The van der Waals surface area contributed by atoms with Crippen LogP contribution in [0.4, 0.5) is 0 Å². The van der Waals surface area contributed by atoms with Crippen molar-refractivity contribution in [3.05, 3.63) is 41.5 Å². The van der Waals surface area contributed by atoms with E-state index in [0.717, 1.165) is 5.56 Å². The van der Waals surface area contributed by atoms with Crippen LogP contribution in [0.1, 0.15) is 17.5 Å². The molecule has 78 valence electrons. The summed E-state index contributed by atoms with van der Waals surface area (Å²) >= 11 is 0. The molecule has 2 rings (SSSR count). The molecule has 0 aromatic heterocycles. The molecule has 0 saturated carbocycles. The second-order valence-electron chi connectivity index (χ2n) is 3.33. The lowest BCUT2D eigenvalue weighted by molar-refractivity contribution is -0.165. The third-order valence-corrected chi connectivity index (χ3v) is 2.48. The Labute approximate surface area is 92.9 Å². The lowest BCUT2D eigenvalue weighted by atomic mass is 9.91. The Morgan fingerprint density at radius 3 is 2.50 bits per heavy atom. The van der Waals surface area contributed by atoms with E-state index < -0.39 is 5.79 Å². The highest BCUT2D eigenvalue weighted by atomic mass is 16.7. The molecule has 1 aliphatic carbocycles. The number of benzene rings is 1. The molecule has 1 aliphatic rings. The number of fused-ring (bicyclic) bond motifs is 1. The van der Waals surface area contributed by atoms with Crippen LogP contribution in [0.5, 0.6) is 0 Å². The molecule has 0 atom stereocenters. The van der Waals surface area contributed by atoms with E-state index in [4.69, 9.17) is 20.0 Å². The molecule has 0 spiro atoms. The standard InChI is InChI=1S/C12H8N2O2/c13-8-15-12(16-9-14)7-3-5-10-4-1-2-6-11(10)12/h1-6H,7H2. The van der Waals surface area contributed by atoms with Crippen LogP contribution in [0, 0.1) is 23.0 Å². The number of ether oxygens (including phenoxy) is 2. The number of hydrogen-bond acceptors (Lipinski definition) is 4. The fraction of sp³-hybridized carbons (Fsp3) is 0.167. The summed E-state index contributed by atoms with van der Waals surface area (Å²) in [5, 5.41) is 17.3. The van der Waals surface area contributed by atoms with E-state index in [1.54, 1.807) is 18.6 Å². The summed E-state index contributed by atoms with van der Waals surface area (Å²) < 4.78 is 9.89. The predicted octanol–water partition coefficient (Wildman–Crippen LogP) is 2.25. The van der Waals surface area contributed by atoms with Gasteiger partial charge in [0, 0.05) is 12.0 Å². The molecule has 0 aliphatic heterocycles. The zero-order chi connectivity index (χ0) is 11.4. The fourth-order valence-electron chi connectivity index (χ4n) is 1.80. The van der Waals surface area contributed by atoms with E-state index in [1.807, 2.05) is 30.4 Å². The normalized spacial score (nSPS) is 15.4. The Morgan fingerprint density at radius 2 is 1.81 bits per heavy atom. The Morgan fingerprint density at radius 1 is 1.12 bits per heavy atom. The minimum absolute atomic E-state index is 0.338. The van der Waals surface area contributed by atoms with Gasteiger partial charge in [-0.1, -0.05) is 36.4 Å². The topological polar surface area (TPSA) is 66.0 Å². The van der Waals surface area contributed by atoms with Crippen LogP contribution in [-0.4, -0.2) is 0 Å². The van der Waals surface area contributed by atoms with Gasteiger partial charge in [-0.15, -0.1) is 0 Å². The summed E-state index contributed by atoms with van der Waals surface area (Å²) in [6, 6.07) is 7.35. The molecule has 1 aromatic rings. The third-order valence-electron chi connectivity index (χ3n) is 2.48. The van der Waals surface area contributed by atoms with Gasteiger partial charge in [-0.25, -0.2) is 0 Å². The van der Waals surface area contributed by atoms with Crippen molar-refractivity contribution in [3.63, 3.8) is 0 Å². The molecule has 0 N–H and O–H groups in total. The van der Waals surface area contributed by atoms with E-state index in [1.165, 1.54) is 0 Å². The first-order chi connectivity index (χ1) is 7.82. The third kappa shape index (κ3) is 1.47. The van der Waals surface area contributed by atoms with Crippen LogP contribution < -0.4 is 0 Å². The van der Waals surface area contributed by atoms with Crippen molar-refractivity contribution < 1.29 is 9.47 Å². The van der Waals surface area contributed by atoms with Crippen LogP contribution in [0.3, 0.4) is 0 Å². The zero-order valence-corrected chi connectivity index (χ0v) is 8.38. The minimum atomic E-state index is -1.30. The summed E-state index contributed by atoms with van der Waals surface area (Å²) in [6.45, 7) is 0. The molecule has 0 unspecified atom stereocenters. The van der Waals surface area contributed by atoms with E-state index in [0.29, 0.717) is 12.0 Å². The molecule has 4 heteroatoms. The van der Waals surface area contributed by atoms with Crippen LogP contribution in [0.2, 0.25) is 0 Å². The van der Waals surface area contributed by atoms with Gasteiger partial charge in [0.2, 0.25) is 0 Å². The first-order valence-electron chi connectivity index (χ1n) is 4.72. The van der Waals surface area contributed by atoms with Crippen LogP contribution >= 0.6 is 0 Å². The largest absolute Gasteiger partial charge is 0.376 e. The van der Waals surface area contributed by atoms with Gasteiger partial charge in [0.1, 0.15) is 0 Å². The highest BCUT2D eigenvalue weighted by Crippen LogP contribution is 2.37. The SMILES string of the molecule is N#COC1(OC#N)CC=Cc2ccccc21. The Bertz CT molecular complexity index is 492. The van der Waals surface area contributed by atoms with Crippen molar-refractivity contribution in [1.82, 2.24) is 0 Å². The molecule has 0 saturated heterocycles. The first-order valence-corrected chi connectivity index (χ1v) is 4.72. The average Bonchev–Trinajstić information content (AvgIpc) is 2.30. The molecule has 0 amide bonds. The summed E-state index contributed by atoms with van der Waals surface area (Å²) in [5.41, 5.74) is 1.58. The second kappa shape index (κ2) is 3.96. The van der Waals surface area contributed by atoms with E-state index >= 15 is 0 Å². The van der Waals surface area contributed by atoms with Gasteiger partial charge in [-0.2, -0.15) is 10.5 Å². The summed E-state index contributed by atoms with van der Waals surface area (Å²) in [4.78, 5) is 0. The number of rotatable bonds is 2. The molecule has 0 bridgehead atoms. The quantitative estimate of drug-likeness (QED) is 0.557. The molecule has 1 aromatic carbocycles. The van der Waals surface area contributed by atoms with Gasteiger partial charge in [-0.3, -0.25) is 0 Å². The van der Waals surface area contributed by atoms with E-state index in [-0.39, 0.29) is 0 Å². The van der Waals surface area contributed by atoms with Crippen molar-refractivity contribution in [3.8, 4) is 12.5 Å². The van der Waals surface area contributed by atoms with Gasteiger partial charge in [-0.05, 0) is 5.56 Å². The maximum atomic E-state index is 8.65. The predicted molar refractivity (Wildman–Crippen MR) is 55.2 cm³/mol. The lowest BCUT2D eigenvalue weighted by Crippen LogP contribution is -2.32. The second-order valence-corrected chi connectivity index (χ2v) is 3.33. The van der Waals surface area contributed by atoms with Crippen molar-refractivity contribution in [2.24, 2.45) is 0 Å². The average molecular weight is 212 g/mol. The molecule has 4 nitrogen and oxygen atoms in total. The molecule has 0 fully saturated rings. The van der Waals surface area contributed by atoms with Gasteiger partial charge in [0.15, 0.2) is 0 Å². The van der Waals surface area contributed by atoms with Crippen molar-refractivity contribution >= 4 is 6.08 Å². The monoisotopic (exact) mass is 212 g/mol. The molecule has 0 radical (unpaired) electrons. The van der Waals surface area contributed by atoms with Crippen molar-refractivity contribution in [1.29, 1.82) is 10.5 Å². The van der Waals surface area contributed by atoms with Crippen molar-refractivity contribution in [2.75, 3.05) is 0 Å². The number of hydrogen-bond donors (Lipinski definition) is 0. The zero-order valence-electron chi connectivity index (χ0n) is 8.38. The maximum Gasteiger partial charge on any atom is 0.305 e. The fourth-order valence-corrected chi connectivity index (χ4v) is 1.80. The van der Waals surface area contributed by atoms with Gasteiger partial charge < -0.3 is 9.47 Å². The Hall–Kier alpha value is -2.46. The van der Waals surface area contributed by atoms with E-state index in [2.05, 4.69) is 0 Å². The smallest absolute Gasteiger partial charge is 0.305 e. The minimum Gasteiger partial charge on any atom is -0.376 e. The van der Waals surface area contributed by atoms with E-state index in [9.17, 15) is 0 Å². The van der Waals surface area contributed by atoms with Crippen LogP contribution in [0.15, 0.2) is 30.3 Å². The first kappa shape index (κ1) is 10.1. The summed E-state index contributed by atoms with van der Waals surface area (Å²) in [7, 11) is 0.